The number of piperidine rings is 1. The maximum Gasteiger partial charge on any atom is 0.264 e. The Morgan fingerprint density at radius 2 is 2.20 bits per heavy atom. The molecule has 1 amide bonds. The van der Waals surface area contributed by atoms with Gasteiger partial charge in [-0.1, -0.05) is 37.2 Å². The molecule has 0 bridgehead atoms. The number of hydrogen-bond acceptors (Lipinski definition) is 5. The van der Waals surface area contributed by atoms with Gasteiger partial charge in [-0.3, -0.25) is 4.79 Å². The molecule has 0 N–H and O–H groups in total. The summed E-state index contributed by atoms with van der Waals surface area (Å²) in [5.74, 6) is 2.47. The van der Waals surface area contributed by atoms with Crippen LogP contribution in [0, 0.1) is 0 Å². The molecular formula is C19H23N3O3. The third kappa shape index (κ3) is 2.90. The smallest absolute Gasteiger partial charge is 0.264 e. The van der Waals surface area contributed by atoms with E-state index in [9.17, 15) is 4.79 Å². The molecule has 1 aromatic carbocycles. The highest BCUT2D eigenvalue weighted by Crippen LogP contribution is 2.39. The fourth-order valence-electron chi connectivity index (χ4n) is 3.78. The number of hydrogen-bond donors (Lipinski definition) is 0. The van der Waals surface area contributed by atoms with E-state index in [-0.39, 0.29) is 17.7 Å². The predicted octanol–water partition coefficient (Wildman–Crippen LogP) is 2.90. The van der Waals surface area contributed by atoms with Gasteiger partial charge in [0.2, 0.25) is 5.89 Å². The first-order valence-corrected chi connectivity index (χ1v) is 9.04. The van der Waals surface area contributed by atoms with Crippen molar-refractivity contribution >= 4 is 5.91 Å². The second-order valence-corrected chi connectivity index (χ2v) is 6.89. The van der Waals surface area contributed by atoms with Gasteiger partial charge in [0.15, 0.2) is 11.9 Å². The van der Waals surface area contributed by atoms with Crippen LogP contribution in [0.15, 0.2) is 28.8 Å². The summed E-state index contributed by atoms with van der Waals surface area (Å²) >= 11 is 0. The number of amides is 1. The maximum atomic E-state index is 13.1. The van der Waals surface area contributed by atoms with Crippen LogP contribution in [0.4, 0.5) is 0 Å². The van der Waals surface area contributed by atoms with Crippen molar-refractivity contribution in [2.24, 2.45) is 0 Å². The topological polar surface area (TPSA) is 68.5 Å². The van der Waals surface area contributed by atoms with Gasteiger partial charge in [0.25, 0.3) is 5.91 Å². The molecule has 1 aromatic heterocycles. The monoisotopic (exact) mass is 341 g/mol. The standard InChI is InChI=1S/C19H23N3O3/c1-3-16-20-18(21-25-16)13-7-6-10-22(11-13)19(23)17-12(2)14-8-4-5-9-15(14)24-17/h4-5,8-9,12-13,17H,3,6-7,10-11H2,1-2H3/t12-,13-,17+/m1/s1. The highest BCUT2D eigenvalue weighted by atomic mass is 16.5. The van der Waals surface area contributed by atoms with E-state index in [0.717, 1.165) is 42.9 Å². The van der Waals surface area contributed by atoms with Crippen molar-refractivity contribution < 1.29 is 14.1 Å². The number of carbonyl (C=O) groups excluding carboxylic acids is 1. The molecule has 0 aliphatic carbocycles. The average Bonchev–Trinajstić information content (AvgIpc) is 3.26. The summed E-state index contributed by atoms with van der Waals surface area (Å²) in [7, 11) is 0. The number of ether oxygens (including phenoxy) is 1. The molecule has 2 aliphatic rings. The fourth-order valence-corrected chi connectivity index (χ4v) is 3.78. The lowest BCUT2D eigenvalue weighted by Crippen LogP contribution is -2.46. The Balaban J connectivity index is 1.47. The summed E-state index contributed by atoms with van der Waals surface area (Å²) in [6.45, 7) is 5.44. The van der Waals surface area contributed by atoms with Crippen LogP contribution in [0.3, 0.4) is 0 Å². The Morgan fingerprint density at radius 1 is 1.36 bits per heavy atom. The van der Waals surface area contributed by atoms with Crippen molar-refractivity contribution in [3.63, 3.8) is 0 Å². The van der Waals surface area contributed by atoms with Crippen LogP contribution < -0.4 is 4.74 Å². The van der Waals surface area contributed by atoms with Crippen LogP contribution >= 0.6 is 0 Å². The number of nitrogens with zero attached hydrogens (tertiary/aromatic N) is 3. The Kier molecular flexibility index (Phi) is 4.19. The van der Waals surface area contributed by atoms with E-state index in [1.165, 1.54) is 0 Å². The molecule has 0 radical (unpaired) electrons. The van der Waals surface area contributed by atoms with Gasteiger partial charge in [0.05, 0.1) is 0 Å². The highest BCUT2D eigenvalue weighted by Gasteiger charge is 2.40. The first-order valence-electron chi connectivity index (χ1n) is 9.04. The molecule has 0 saturated carbocycles. The van der Waals surface area contributed by atoms with E-state index in [2.05, 4.69) is 17.1 Å². The van der Waals surface area contributed by atoms with Crippen LogP contribution in [0.1, 0.15) is 55.8 Å². The van der Waals surface area contributed by atoms with Gasteiger partial charge in [-0.2, -0.15) is 4.98 Å². The molecule has 6 heteroatoms. The number of likely N-dealkylation sites (tertiary alicyclic amines) is 1. The summed E-state index contributed by atoms with van der Waals surface area (Å²) in [4.78, 5) is 19.4. The van der Waals surface area contributed by atoms with Crippen LogP contribution in [0.25, 0.3) is 0 Å². The summed E-state index contributed by atoms with van der Waals surface area (Å²) in [6.07, 6.45) is 2.22. The van der Waals surface area contributed by atoms with Crippen molar-refractivity contribution in [1.29, 1.82) is 0 Å². The fraction of sp³-hybridized carbons (Fsp3) is 0.526. The van der Waals surface area contributed by atoms with Crippen molar-refractivity contribution in [2.75, 3.05) is 13.1 Å². The molecule has 25 heavy (non-hydrogen) atoms. The summed E-state index contributed by atoms with van der Waals surface area (Å²) < 4.78 is 11.2. The minimum absolute atomic E-state index is 0.0626. The Labute approximate surface area is 147 Å². The van der Waals surface area contributed by atoms with Crippen LogP contribution in [0.5, 0.6) is 5.75 Å². The number of aromatic nitrogens is 2. The molecule has 6 nitrogen and oxygen atoms in total. The first-order chi connectivity index (χ1) is 12.2. The zero-order chi connectivity index (χ0) is 17.4. The maximum absolute atomic E-state index is 13.1. The second-order valence-electron chi connectivity index (χ2n) is 6.89. The zero-order valence-corrected chi connectivity index (χ0v) is 14.6. The van der Waals surface area contributed by atoms with E-state index in [1.807, 2.05) is 36.1 Å². The molecule has 0 unspecified atom stereocenters. The molecule has 2 aromatic rings. The highest BCUT2D eigenvalue weighted by molar-refractivity contribution is 5.83. The third-order valence-corrected chi connectivity index (χ3v) is 5.25. The number of fused-ring (bicyclic) bond motifs is 1. The first kappa shape index (κ1) is 16.1. The molecule has 1 fully saturated rings. The minimum atomic E-state index is -0.437. The molecule has 2 aliphatic heterocycles. The summed E-state index contributed by atoms with van der Waals surface area (Å²) in [5, 5.41) is 4.09. The van der Waals surface area contributed by atoms with Crippen molar-refractivity contribution in [3.05, 3.63) is 41.5 Å². The van der Waals surface area contributed by atoms with Gasteiger partial charge in [-0.15, -0.1) is 0 Å². The number of carbonyl (C=O) groups is 1. The van der Waals surface area contributed by atoms with E-state index < -0.39 is 6.10 Å². The third-order valence-electron chi connectivity index (χ3n) is 5.25. The predicted molar refractivity (Wildman–Crippen MR) is 91.5 cm³/mol. The van der Waals surface area contributed by atoms with Crippen LogP contribution in [-0.2, 0) is 11.2 Å². The van der Waals surface area contributed by atoms with E-state index in [4.69, 9.17) is 9.26 Å². The normalized spacial score (nSPS) is 25.5. The number of benzene rings is 1. The van der Waals surface area contributed by atoms with Crippen LogP contribution in [-0.4, -0.2) is 40.1 Å². The van der Waals surface area contributed by atoms with Gasteiger partial charge in [0, 0.05) is 36.9 Å². The van der Waals surface area contributed by atoms with Crippen molar-refractivity contribution in [2.45, 2.75) is 51.0 Å². The molecule has 1 saturated heterocycles. The summed E-state index contributed by atoms with van der Waals surface area (Å²) in [5.41, 5.74) is 1.11. The van der Waals surface area contributed by atoms with Gasteiger partial charge < -0.3 is 14.2 Å². The number of rotatable bonds is 3. The SMILES string of the molecule is CCc1nc([C@@H]2CCCN(C(=O)[C@H]3Oc4ccccc4[C@H]3C)C2)no1. The Bertz CT molecular complexity index is 773. The molecule has 0 spiro atoms. The van der Waals surface area contributed by atoms with Crippen molar-refractivity contribution in [1.82, 2.24) is 15.0 Å². The number of aryl methyl sites for hydroxylation is 1. The van der Waals surface area contributed by atoms with Crippen LogP contribution in [0.2, 0.25) is 0 Å². The van der Waals surface area contributed by atoms with Crippen molar-refractivity contribution in [3.8, 4) is 5.75 Å². The molecule has 132 valence electrons. The van der Waals surface area contributed by atoms with E-state index >= 15 is 0 Å². The van der Waals surface area contributed by atoms with E-state index in [0.29, 0.717) is 12.4 Å². The molecular weight excluding hydrogens is 318 g/mol. The summed E-state index contributed by atoms with van der Waals surface area (Å²) in [6, 6.07) is 7.91. The zero-order valence-electron chi connectivity index (χ0n) is 14.6. The lowest BCUT2D eigenvalue weighted by atomic mass is 9.94. The Hall–Kier alpha value is -2.37. The molecule has 3 atom stereocenters. The van der Waals surface area contributed by atoms with E-state index in [1.54, 1.807) is 0 Å². The lowest BCUT2D eigenvalue weighted by molar-refractivity contribution is -0.140. The second kappa shape index (κ2) is 6.50. The largest absolute Gasteiger partial charge is 0.480 e. The quantitative estimate of drug-likeness (QED) is 0.858. The van der Waals surface area contributed by atoms with Gasteiger partial charge in [0.1, 0.15) is 5.75 Å². The van der Waals surface area contributed by atoms with Gasteiger partial charge >= 0.3 is 0 Å². The van der Waals surface area contributed by atoms with Gasteiger partial charge in [-0.25, -0.2) is 0 Å². The molecule has 4 rings (SSSR count). The molecule has 3 heterocycles. The lowest BCUT2D eigenvalue weighted by Gasteiger charge is -2.33. The van der Waals surface area contributed by atoms with Gasteiger partial charge in [-0.05, 0) is 18.9 Å². The average molecular weight is 341 g/mol. The number of para-hydroxylation sites is 1. The minimum Gasteiger partial charge on any atom is -0.480 e. The Morgan fingerprint density at radius 3 is 2.96 bits per heavy atom.